The zero-order valence-electron chi connectivity index (χ0n) is 10.8. The van der Waals surface area contributed by atoms with Crippen molar-refractivity contribution in [3.05, 3.63) is 18.0 Å². The molecule has 4 heteroatoms. The first-order valence-corrected chi connectivity index (χ1v) is 6.58. The third-order valence-electron chi connectivity index (χ3n) is 3.86. The fourth-order valence-corrected chi connectivity index (χ4v) is 2.67. The average molecular weight is 237 g/mol. The normalized spacial score (nSPS) is 27.0. The van der Waals surface area contributed by atoms with Gasteiger partial charge in [-0.2, -0.15) is 5.10 Å². The van der Waals surface area contributed by atoms with E-state index < -0.39 is 0 Å². The van der Waals surface area contributed by atoms with Crippen molar-refractivity contribution in [1.82, 2.24) is 15.1 Å². The van der Waals surface area contributed by atoms with E-state index in [2.05, 4.69) is 17.3 Å². The molecule has 2 rings (SSSR count). The van der Waals surface area contributed by atoms with Crippen LogP contribution in [0.5, 0.6) is 0 Å². The lowest BCUT2D eigenvalue weighted by atomic mass is 9.86. The van der Waals surface area contributed by atoms with Crippen LogP contribution in [-0.4, -0.2) is 27.5 Å². The summed E-state index contributed by atoms with van der Waals surface area (Å²) in [6.45, 7) is 3.04. The topological polar surface area (TPSA) is 50.1 Å². The van der Waals surface area contributed by atoms with Crippen molar-refractivity contribution in [1.29, 1.82) is 0 Å². The van der Waals surface area contributed by atoms with E-state index in [0.717, 1.165) is 19.4 Å². The first-order valence-electron chi connectivity index (χ1n) is 6.58. The van der Waals surface area contributed by atoms with Crippen LogP contribution in [0.2, 0.25) is 0 Å². The SMILES string of the molecule is CC(NCC1CCCCC1O)c1ccnn1C. The number of rotatable bonds is 4. The maximum absolute atomic E-state index is 9.91. The van der Waals surface area contributed by atoms with Crippen LogP contribution >= 0.6 is 0 Å². The molecule has 0 spiro atoms. The second-order valence-electron chi connectivity index (χ2n) is 5.12. The Balaban J connectivity index is 1.83. The number of aliphatic hydroxyl groups is 1. The van der Waals surface area contributed by atoms with Gasteiger partial charge in [-0.3, -0.25) is 4.68 Å². The zero-order valence-corrected chi connectivity index (χ0v) is 10.8. The summed E-state index contributed by atoms with van der Waals surface area (Å²) in [4.78, 5) is 0. The van der Waals surface area contributed by atoms with Gasteiger partial charge in [0.2, 0.25) is 0 Å². The second kappa shape index (κ2) is 5.65. The van der Waals surface area contributed by atoms with Crippen molar-refractivity contribution < 1.29 is 5.11 Å². The standard InChI is InChI=1S/C13H23N3O/c1-10(12-7-8-15-16(12)2)14-9-11-5-3-4-6-13(11)17/h7-8,10-11,13-14,17H,3-6,9H2,1-2H3. The Hall–Kier alpha value is -0.870. The van der Waals surface area contributed by atoms with E-state index in [9.17, 15) is 5.11 Å². The monoisotopic (exact) mass is 237 g/mol. The summed E-state index contributed by atoms with van der Waals surface area (Å²) in [5, 5.41) is 17.6. The number of hydrogen-bond donors (Lipinski definition) is 2. The molecule has 1 aromatic rings. The molecule has 1 aliphatic rings. The average Bonchev–Trinajstić information content (AvgIpc) is 2.74. The number of aliphatic hydroxyl groups excluding tert-OH is 1. The lowest BCUT2D eigenvalue weighted by Crippen LogP contribution is -2.35. The van der Waals surface area contributed by atoms with E-state index >= 15 is 0 Å². The molecule has 2 N–H and O–H groups in total. The molecule has 0 amide bonds. The van der Waals surface area contributed by atoms with Gasteiger partial charge in [-0.15, -0.1) is 0 Å². The Morgan fingerprint density at radius 2 is 2.29 bits per heavy atom. The molecule has 0 radical (unpaired) electrons. The molecule has 0 bridgehead atoms. The van der Waals surface area contributed by atoms with Gasteiger partial charge in [0.25, 0.3) is 0 Å². The van der Waals surface area contributed by atoms with E-state index in [1.807, 2.05) is 24.0 Å². The molecular weight excluding hydrogens is 214 g/mol. The van der Waals surface area contributed by atoms with Gasteiger partial charge in [-0.1, -0.05) is 12.8 Å². The largest absolute Gasteiger partial charge is 0.393 e. The smallest absolute Gasteiger partial charge is 0.0580 e. The van der Waals surface area contributed by atoms with Gasteiger partial charge in [0.15, 0.2) is 0 Å². The van der Waals surface area contributed by atoms with Crippen molar-refractivity contribution in [3.8, 4) is 0 Å². The van der Waals surface area contributed by atoms with Crippen molar-refractivity contribution in [2.75, 3.05) is 6.54 Å². The van der Waals surface area contributed by atoms with E-state index in [1.165, 1.54) is 18.5 Å². The molecule has 0 saturated heterocycles. The number of aromatic nitrogens is 2. The number of aryl methyl sites for hydroxylation is 1. The second-order valence-corrected chi connectivity index (χ2v) is 5.12. The lowest BCUT2D eigenvalue weighted by molar-refractivity contribution is 0.0683. The molecule has 1 aliphatic carbocycles. The Bertz CT molecular complexity index is 350. The van der Waals surface area contributed by atoms with Crippen LogP contribution in [0.15, 0.2) is 12.3 Å². The van der Waals surface area contributed by atoms with E-state index in [0.29, 0.717) is 5.92 Å². The molecule has 0 aliphatic heterocycles. The third kappa shape index (κ3) is 3.07. The van der Waals surface area contributed by atoms with E-state index in [-0.39, 0.29) is 12.1 Å². The minimum Gasteiger partial charge on any atom is -0.393 e. The molecule has 3 atom stereocenters. The zero-order chi connectivity index (χ0) is 12.3. The predicted octanol–water partition coefficient (Wildman–Crippen LogP) is 1.62. The Morgan fingerprint density at radius 3 is 2.94 bits per heavy atom. The number of hydrogen-bond acceptors (Lipinski definition) is 3. The van der Waals surface area contributed by atoms with Crippen LogP contribution < -0.4 is 5.32 Å². The van der Waals surface area contributed by atoms with Gasteiger partial charge in [0.05, 0.1) is 11.8 Å². The Kier molecular flexibility index (Phi) is 4.18. The minimum atomic E-state index is -0.116. The van der Waals surface area contributed by atoms with Gasteiger partial charge in [-0.05, 0) is 31.7 Å². The van der Waals surface area contributed by atoms with Crippen LogP contribution in [0.1, 0.15) is 44.3 Å². The molecule has 17 heavy (non-hydrogen) atoms. The molecule has 0 aromatic carbocycles. The van der Waals surface area contributed by atoms with Crippen LogP contribution in [0, 0.1) is 5.92 Å². The summed E-state index contributed by atoms with van der Waals surface area (Å²) < 4.78 is 1.90. The molecule has 1 saturated carbocycles. The van der Waals surface area contributed by atoms with Crippen molar-refractivity contribution in [2.24, 2.45) is 13.0 Å². The fourth-order valence-electron chi connectivity index (χ4n) is 2.67. The minimum absolute atomic E-state index is 0.116. The molecule has 1 heterocycles. The molecule has 1 fully saturated rings. The van der Waals surface area contributed by atoms with Crippen molar-refractivity contribution >= 4 is 0 Å². The van der Waals surface area contributed by atoms with Gasteiger partial charge >= 0.3 is 0 Å². The van der Waals surface area contributed by atoms with Crippen LogP contribution in [0.3, 0.4) is 0 Å². The van der Waals surface area contributed by atoms with Gasteiger partial charge in [0, 0.05) is 25.8 Å². The molecular formula is C13H23N3O. The van der Waals surface area contributed by atoms with Crippen molar-refractivity contribution in [3.63, 3.8) is 0 Å². The van der Waals surface area contributed by atoms with E-state index in [4.69, 9.17) is 0 Å². The highest BCUT2D eigenvalue weighted by Gasteiger charge is 2.23. The number of nitrogens with zero attached hydrogens (tertiary/aromatic N) is 2. The highest BCUT2D eigenvalue weighted by molar-refractivity contribution is 5.05. The molecule has 96 valence electrons. The molecule has 4 nitrogen and oxygen atoms in total. The first kappa shape index (κ1) is 12.6. The van der Waals surface area contributed by atoms with Gasteiger partial charge in [-0.25, -0.2) is 0 Å². The predicted molar refractivity (Wildman–Crippen MR) is 67.6 cm³/mol. The maximum atomic E-state index is 9.91. The highest BCUT2D eigenvalue weighted by Crippen LogP contribution is 2.24. The third-order valence-corrected chi connectivity index (χ3v) is 3.86. The Morgan fingerprint density at radius 1 is 1.53 bits per heavy atom. The summed E-state index contributed by atoms with van der Waals surface area (Å²) in [5.41, 5.74) is 1.19. The van der Waals surface area contributed by atoms with Crippen LogP contribution in [-0.2, 0) is 7.05 Å². The van der Waals surface area contributed by atoms with Crippen LogP contribution in [0.25, 0.3) is 0 Å². The number of nitrogens with one attached hydrogen (secondary N) is 1. The molecule has 1 aromatic heterocycles. The van der Waals surface area contributed by atoms with Crippen LogP contribution in [0.4, 0.5) is 0 Å². The quantitative estimate of drug-likeness (QED) is 0.836. The maximum Gasteiger partial charge on any atom is 0.0580 e. The van der Waals surface area contributed by atoms with Crippen molar-refractivity contribution in [2.45, 2.75) is 44.8 Å². The highest BCUT2D eigenvalue weighted by atomic mass is 16.3. The first-order chi connectivity index (χ1) is 8.18. The fraction of sp³-hybridized carbons (Fsp3) is 0.769. The van der Waals surface area contributed by atoms with Gasteiger partial charge in [0.1, 0.15) is 0 Å². The van der Waals surface area contributed by atoms with Gasteiger partial charge < -0.3 is 10.4 Å². The summed E-state index contributed by atoms with van der Waals surface area (Å²) in [6.07, 6.45) is 6.25. The molecule has 3 unspecified atom stereocenters. The Labute approximate surface area is 103 Å². The summed E-state index contributed by atoms with van der Waals surface area (Å²) in [7, 11) is 1.96. The summed E-state index contributed by atoms with van der Waals surface area (Å²) >= 11 is 0. The lowest BCUT2D eigenvalue weighted by Gasteiger charge is -2.29. The summed E-state index contributed by atoms with van der Waals surface area (Å²) in [6, 6.07) is 2.33. The van der Waals surface area contributed by atoms with E-state index in [1.54, 1.807) is 0 Å². The summed E-state index contributed by atoms with van der Waals surface area (Å²) in [5.74, 6) is 0.416.